The minimum Gasteiger partial charge on any atom is -0.478 e. The van der Waals surface area contributed by atoms with E-state index in [0.29, 0.717) is 6.54 Å². The number of carboxylic acid groups (broad SMARTS) is 1. The number of aromatic carboxylic acids is 1. The minimum atomic E-state index is -1.11. The average molecular weight is 207 g/mol. The van der Waals surface area contributed by atoms with Gasteiger partial charge in [0.05, 0.1) is 12.1 Å². The lowest BCUT2D eigenvalue weighted by Gasteiger charge is -1.98. The van der Waals surface area contributed by atoms with Crippen LogP contribution in [0, 0.1) is 17.7 Å². The van der Waals surface area contributed by atoms with Crippen LogP contribution in [0.15, 0.2) is 18.2 Å². The fourth-order valence-corrected chi connectivity index (χ4v) is 1.03. The summed E-state index contributed by atoms with van der Waals surface area (Å²) >= 11 is 0. The zero-order chi connectivity index (χ0) is 11.3. The van der Waals surface area contributed by atoms with Gasteiger partial charge in [0.1, 0.15) is 5.82 Å². The van der Waals surface area contributed by atoms with E-state index in [0.717, 1.165) is 12.1 Å². The van der Waals surface area contributed by atoms with E-state index in [4.69, 9.17) is 5.11 Å². The van der Waals surface area contributed by atoms with E-state index >= 15 is 0 Å². The predicted octanol–water partition coefficient (Wildman–Crippen LogP) is 1.09. The molecule has 0 bridgehead atoms. The van der Waals surface area contributed by atoms with Crippen molar-refractivity contribution in [2.45, 2.75) is 0 Å². The molecule has 0 spiro atoms. The molecule has 0 aliphatic heterocycles. The standard InChI is InChI=1S/C11H10FNO2/c1-13-6-2-3-8-7-9(12)4-5-10(8)11(14)15/h4-5,7,13H,6H2,1H3,(H,14,15). The van der Waals surface area contributed by atoms with Gasteiger partial charge in [0.25, 0.3) is 0 Å². The van der Waals surface area contributed by atoms with Gasteiger partial charge in [-0.15, -0.1) is 0 Å². The second-order valence-corrected chi connectivity index (χ2v) is 2.83. The SMILES string of the molecule is CNCC#Cc1cc(F)ccc1C(=O)O. The van der Waals surface area contributed by atoms with Crippen molar-refractivity contribution in [2.75, 3.05) is 13.6 Å². The number of benzene rings is 1. The number of halogens is 1. The maximum atomic E-state index is 12.8. The van der Waals surface area contributed by atoms with E-state index in [2.05, 4.69) is 17.2 Å². The summed E-state index contributed by atoms with van der Waals surface area (Å²) in [4.78, 5) is 10.8. The molecular weight excluding hydrogens is 197 g/mol. The smallest absolute Gasteiger partial charge is 0.336 e. The van der Waals surface area contributed by atoms with Crippen LogP contribution in [0.1, 0.15) is 15.9 Å². The molecule has 0 aliphatic rings. The summed E-state index contributed by atoms with van der Waals surface area (Å²) in [6, 6.07) is 3.43. The highest BCUT2D eigenvalue weighted by molar-refractivity contribution is 5.90. The molecule has 4 heteroatoms. The van der Waals surface area contributed by atoms with Gasteiger partial charge in [0.2, 0.25) is 0 Å². The fourth-order valence-electron chi connectivity index (χ4n) is 1.03. The normalized spacial score (nSPS) is 9.20. The summed E-state index contributed by atoms with van der Waals surface area (Å²) in [5.74, 6) is 3.69. The van der Waals surface area contributed by atoms with Gasteiger partial charge < -0.3 is 10.4 Å². The molecule has 15 heavy (non-hydrogen) atoms. The van der Waals surface area contributed by atoms with E-state index < -0.39 is 11.8 Å². The van der Waals surface area contributed by atoms with E-state index in [-0.39, 0.29) is 11.1 Å². The number of hydrogen-bond acceptors (Lipinski definition) is 2. The first kappa shape index (κ1) is 11.2. The summed E-state index contributed by atoms with van der Waals surface area (Å²) < 4.78 is 12.8. The highest BCUT2D eigenvalue weighted by Gasteiger charge is 2.08. The Bertz CT molecular complexity index is 432. The lowest BCUT2D eigenvalue weighted by Crippen LogP contribution is -2.05. The van der Waals surface area contributed by atoms with Gasteiger partial charge in [0.15, 0.2) is 0 Å². The molecule has 0 heterocycles. The molecule has 0 saturated carbocycles. The molecule has 3 nitrogen and oxygen atoms in total. The maximum absolute atomic E-state index is 12.8. The molecule has 2 N–H and O–H groups in total. The van der Waals surface area contributed by atoms with E-state index in [1.807, 2.05) is 0 Å². The second-order valence-electron chi connectivity index (χ2n) is 2.83. The minimum absolute atomic E-state index is 0.0139. The quantitative estimate of drug-likeness (QED) is 0.714. The number of rotatable bonds is 2. The van der Waals surface area contributed by atoms with E-state index in [9.17, 15) is 9.18 Å². The van der Waals surface area contributed by atoms with E-state index in [1.54, 1.807) is 7.05 Å². The van der Waals surface area contributed by atoms with Crippen molar-refractivity contribution < 1.29 is 14.3 Å². The van der Waals surface area contributed by atoms with Crippen molar-refractivity contribution >= 4 is 5.97 Å². The number of carboxylic acids is 1. The molecule has 0 saturated heterocycles. The predicted molar refractivity (Wildman–Crippen MR) is 54.2 cm³/mol. The van der Waals surface area contributed by atoms with Gasteiger partial charge in [-0.05, 0) is 25.2 Å². The Hall–Kier alpha value is -1.86. The van der Waals surface area contributed by atoms with Gasteiger partial charge in [-0.3, -0.25) is 0 Å². The molecule has 0 fully saturated rings. The van der Waals surface area contributed by atoms with Crippen molar-refractivity contribution in [1.29, 1.82) is 0 Å². The van der Waals surface area contributed by atoms with Gasteiger partial charge in [-0.25, -0.2) is 9.18 Å². The largest absolute Gasteiger partial charge is 0.478 e. The molecule has 0 aliphatic carbocycles. The molecule has 0 atom stereocenters. The summed E-state index contributed by atoms with van der Waals surface area (Å²) in [5, 5.41) is 11.6. The number of nitrogens with one attached hydrogen (secondary N) is 1. The Morgan fingerprint density at radius 3 is 2.93 bits per heavy atom. The third-order valence-corrected chi connectivity index (χ3v) is 1.70. The second kappa shape index (κ2) is 5.13. The van der Waals surface area contributed by atoms with Gasteiger partial charge >= 0.3 is 5.97 Å². The Morgan fingerprint density at radius 2 is 2.33 bits per heavy atom. The zero-order valence-corrected chi connectivity index (χ0v) is 8.17. The van der Waals surface area contributed by atoms with Crippen LogP contribution >= 0.6 is 0 Å². The molecular formula is C11H10FNO2. The molecule has 78 valence electrons. The first-order valence-corrected chi connectivity index (χ1v) is 4.31. The Labute approximate surface area is 86.9 Å². The van der Waals surface area contributed by atoms with Crippen LogP contribution < -0.4 is 5.32 Å². The molecule has 1 aromatic carbocycles. The molecule has 0 unspecified atom stereocenters. The third kappa shape index (κ3) is 3.08. The Morgan fingerprint density at radius 1 is 1.60 bits per heavy atom. The van der Waals surface area contributed by atoms with E-state index in [1.165, 1.54) is 6.07 Å². The number of hydrogen-bond donors (Lipinski definition) is 2. The lowest BCUT2D eigenvalue weighted by molar-refractivity contribution is 0.0696. The van der Waals surface area contributed by atoms with Crippen molar-refractivity contribution in [1.82, 2.24) is 5.32 Å². The van der Waals surface area contributed by atoms with Crippen LogP contribution in [0.2, 0.25) is 0 Å². The first-order valence-electron chi connectivity index (χ1n) is 4.31. The van der Waals surface area contributed by atoms with Crippen LogP contribution in [0.5, 0.6) is 0 Å². The van der Waals surface area contributed by atoms with Gasteiger partial charge in [-0.2, -0.15) is 0 Å². The fraction of sp³-hybridized carbons (Fsp3) is 0.182. The van der Waals surface area contributed by atoms with Crippen molar-refractivity contribution in [2.24, 2.45) is 0 Å². The van der Waals surface area contributed by atoms with Crippen LogP contribution in [0.25, 0.3) is 0 Å². The van der Waals surface area contributed by atoms with Crippen LogP contribution in [-0.2, 0) is 0 Å². The first-order chi connectivity index (χ1) is 7.15. The monoisotopic (exact) mass is 207 g/mol. The number of carbonyl (C=O) groups is 1. The molecule has 0 radical (unpaired) electrons. The van der Waals surface area contributed by atoms with Crippen LogP contribution in [-0.4, -0.2) is 24.7 Å². The Balaban J connectivity index is 3.09. The molecule has 1 rings (SSSR count). The van der Waals surface area contributed by atoms with Gasteiger partial charge in [-0.1, -0.05) is 11.8 Å². The maximum Gasteiger partial charge on any atom is 0.336 e. The average Bonchev–Trinajstić information content (AvgIpc) is 2.18. The van der Waals surface area contributed by atoms with Crippen molar-refractivity contribution in [3.8, 4) is 11.8 Å². The summed E-state index contributed by atoms with van der Waals surface area (Å²) in [5.41, 5.74) is 0.206. The van der Waals surface area contributed by atoms with Crippen molar-refractivity contribution in [3.63, 3.8) is 0 Å². The van der Waals surface area contributed by atoms with Crippen LogP contribution in [0.3, 0.4) is 0 Å². The summed E-state index contributed by atoms with van der Waals surface area (Å²) in [7, 11) is 1.72. The Kier molecular flexibility index (Phi) is 3.83. The third-order valence-electron chi connectivity index (χ3n) is 1.70. The topological polar surface area (TPSA) is 49.3 Å². The lowest BCUT2D eigenvalue weighted by atomic mass is 10.1. The van der Waals surface area contributed by atoms with Gasteiger partial charge in [0, 0.05) is 5.56 Å². The zero-order valence-electron chi connectivity index (χ0n) is 8.17. The summed E-state index contributed by atoms with van der Waals surface area (Å²) in [6.07, 6.45) is 0. The molecule has 0 aromatic heterocycles. The summed E-state index contributed by atoms with van der Waals surface area (Å²) in [6.45, 7) is 0.426. The van der Waals surface area contributed by atoms with Crippen LogP contribution in [0.4, 0.5) is 4.39 Å². The van der Waals surface area contributed by atoms with Crippen molar-refractivity contribution in [3.05, 3.63) is 35.1 Å². The highest BCUT2D eigenvalue weighted by Crippen LogP contribution is 2.10. The molecule has 1 aromatic rings. The molecule has 0 amide bonds. The highest BCUT2D eigenvalue weighted by atomic mass is 19.1.